The summed E-state index contributed by atoms with van der Waals surface area (Å²) in [4.78, 5) is 26.2. The number of carbonyl (C=O) groups excluding carboxylic acids is 1. The lowest BCUT2D eigenvalue weighted by Gasteiger charge is -2.09. The van der Waals surface area contributed by atoms with Gasteiger partial charge in [-0.25, -0.2) is 9.78 Å². The minimum Gasteiger partial charge on any atom is -0.465 e. The van der Waals surface area contributed by atoms with E-state index in [4.69, 9.17) is 0 Å². The average molecular weight is 337 g/mol. The number of nitro groups is 1. The number of aromatic nitrogens is 1. The summed E-state index contributed by atoms with van der Waals surface area (Å²) >= 11 is 0. The zero-order valence-electron chi connectivity index (χ0n) is 13.4. The molecule has 0 fully saturated rings. The number of anilines is 1. The molecule has 2 aromatic carbocycles. The number of benzene rings is 2. The largest absolute Gasteiger partial charge is 0.465 e. The van der Waals surface area contributed by atoms with E-state index in [1.165, 1.54) is 13.3 Å². The fourth-order valence-corrected chi connectivity index (χ4v) is 2.58. The molecule has 1 N–H and O–H groups in total. The number of pyridine rings is 1. The Hall–Kier alpha value is -3.48. The number of methoxy groups -OCH3 is 1. The van der Waals surface area contributed by atoms with Crippen molar-refractivity contribution in [2.75, 3.05) is 12.4 Å². The third-order valence-corrected chi connectivity index (χ3v) is 3.81. The fourth-order valence-electron chi connectivity index (χ4n) is 2.58. The van der Waals surface area contributed by atoms with Crippen molar-refractivity contribution in [3.05, 3.63) is 76.0 Å². The monoisotopic (exact) mass is 337 g/mol. The summed E-state index contributed by atoms with van der Waals surface area (Å²) < 4.78 is 4.57. The van der Waals surface area contributed by atoms with Gasteiger partial charge in [-0.1, -0.05) is 42.5 Å². The number of carbonyl (C=O) groups is 1. The van der Waals surface area contributed by atoms with Crippen LogP contribution in [0.4, 0.5) is 11.5 Å². The second-order valence-corrected chi connectivity index (χ2v) is 5.33. The molecule has 0 amide bonds. The van der Waals surface area contributed by atoms with E-state index in [1.54, 1.807) is 0 Å². The minimum absolute atomic E-state index is 0.0323. The Bertz CT molecular complexity index is 951. The van der Waals surface area contributed by atoms with E-state index in [2.05, 4.69) is 15.0 Å². The molecule has 3 rings (SSSR count). The van der Waals surface area contributed by atoms with Gasteiger partial charge in [-0.15, -0.1) is 0 Å². The van der Waals surface area contributed by atoms with E-state index in [0.29, 0.717) is 6.54 Å². The quantitative estimate of drug-likeness (QED) is 0.435. The number of rotatable bonds is 5. The molecule has 0 spiro atoms. The van der Waals surface area contributed by atoms with Crippen molar-refractivity contribution in [2.24, 2.45) is 0 Å². The maximum Gasteiger partial charge on any atom is 0.339 e. The van der Waals surface area contributed by atoms with Gasteiger partial charge in [0, 0.05) is 18.8 Å². The summed E-state index contributed by atoms with van der Waals surface area (Å²) in [6.07, 6.45) is 1.25. The van der Waals surface area contributed by atoms with Crippen LogP contribution in [-0.2, 0) is 11.3 Å². The van der Waals surface area contributed by atoms with E-state index < -0.39 is 10.9 Å². The first-order chi connectivity index (χ1) is 12.1. The van der Waals surface area contributed by atoms with E-state index in [0.717, 1.165) is 22.4 Å². The predicted octanol–water partition coefficient (Wildman–Crippen LogP) is 3.54. The molecule has 1 heterocycles. The Morgan fingerprint density at radius 1 is 1.24 bits per heavy atom. The van der Waals surface area contributed by atoms with Crippen molar-refractivity contribution in [3.8, 4) is 0 Å². The van der Waals surface area contributed by atoms with Gasteiger partial charge in [-0.2, -0.15) is 0 Å². The first-order valence-corrected chi connectivity index (χ1v) is 7.53. The van der Waals surface area contributed by atoms with E-state index in [9.17, 15) is 14.9 Å². The summed E-state index contributed by atoms with van der Waals surface area (Å²) in [5.74, 6) is -0.568. The number of nitrogens with zero attached hydrogens (tertiary/aromatic N) is 2. The molecule has 3 aromatic rings. The molecule has 0 aliphatic carbocycles. The van der Waals surface area contributed by atoms with Crippen LogP contribution in [0.3, 0.4) is 0 Å². The van der Waals surface area contributed by atoms with Crippen LogP contribution < -0.4 is 5.32 Å². The summed E-state index contributed by atoms with van der Waals surface area (Å²) in [5, 5.41) is 16.4. The standard InChI is InChI=1S/C18H15N3O4/c1-25-18(22)14-9-16(21(23)24)17(20-11-14)19-10-13-7-4-6-12-5-2-3-8-15(12)13/h2-9,11H,10H2,1H3,(H,19,20). The third-order valence-electron chi connectivity index (χ3n) is 3.81. The zero-order chi connectivity index (χ0) is 17.8. The van der Waals surface area contributed by atoms with E-state index in [-0.39, 0.29) is 17.1 Å². The second kappa shape index (κ2) is 6.96. The molecule has 0 radical (unpaired) electrons. The SMILES string of the molecule is COC(=O)c1cnc(NCc2cccc3ccccc23)c([N+](=O)[O-])c1. The highest BCUT2D eigenvalue weighted by molar-refractivity contribution is 5.90. The average Bonchev–Trinajstić information content (AvgIpc) is 2.65. The third kappa shape index (κ3) is 3.40. The van der Waals surface area contributed by atoms with E-state index >= 15 is 0 Å². The van der Waals surface area contributed by atoms with Gasteiger partial charge in [0.05, 0.1) is 17.6 Å². The Morgan fingerprint density at radius 2 is 2.00 bits per heavy atom. The molecule has 0 saturated heterocycles. The van der Waals surface area contributed by atoms with Crippen molar-refractivity contribution >= 4 is 28.2 Å². The van der Waals surface area contributed by atoms with Crippen LogP contribution in [-0.4, -0.2) is 23.0 Å². The van der Waals surface area contributed by atoms with Crippen molar-refractivity contribution < 1.29 is 14.5 Å². The van der Waals surface area contributed by atoms with Crippen molar-refractivity contribution in [3.63, 3.8) is 0 Å². The lowest BCUT2D eigenvalue weighted by atomic mass is 10.0. The summed E-state index contributed by atoms with van der Waals surface area (Å²) in [5.41, 5.74) is 0.749. The minimum atomic E-state index is -0.670. The lowest BCUT2D eigenvalue weighted by Crippen LogP contribution is -2.08. The first kappa shape index (κ1) is 16.4. The van der Waals surface area contributed by atoms with Crippen molar-refractivity contribution in [2.45, 2.75) is 6.54 Å². The second-order valence-electron chi connectivity index (χ2n) is 5.33. The Morgan fingerprint density at radius 3 is 2.76 bits per heavy atom. The number of nitrogens with one attached hydrogen (secondary N) is 1. The van der Waals surface area contributed by atoms with Crippen LogP contribution in [0.25, 0.3) is 10.8 Å². The maximum atomic E-state index is 11.5. The molecule has 7 nitrogen and oxygen atoms in total. The molecule has 7 heteroatoms. The summed E-state index contributed by atoms with van der Waals surface area (Å²) in [6, 6.07) is 14.9. The predicted molar refractivity (Wildman–Crippen MR) is 93.5 cm³/mol. The van der Waals surface area contributed by atoms with Crippen LogP contribution in [0.15, 0.2) is 54.7 Å². The molecule has 25 heavy (non-hydrogen) atoms. The number of fused-ring (bicyclic) bond motifs is 1. The molecule has 0 saturated carbocycles. The van der Waals surface area contributed by atoms with Crippen LogP contribution in [0.2, 0.25) is 0 Å². The smallest absolute Gasteiger partial charge is 0.339 e. The Kier molecular flexibility index (Phi) is 4.56. The highest BCUT2D eigenvalue weighted by Crippen LogP contribution is 2.25. The number of hydrogen-bond acceptors (Lipinski definition) is 6. The van der Waals surface area contributed by atoms with E-state index in [1.807, 2.05) is 42.5 Å². The van der Waals surface area contributed by atoms with Gasteiger partial charge < -0.3 is 10.1 Å². The van der Waals surface area contributed by atoms with Gasteiger partial charge >= 0.3 is 11.7 Å². The topological polar surface area (TPSA) is 94.4 Å². The number of hydrogen-bond donors (Lipinski definition) is 1. The van der Waals surface area contributed by atoms with Crippen LogP contribution in [0.1, 0.15) is 15.9 Å². The molecule has 0 unspecified atom stereocenters. The molecule has 0 bridgehead atoms. The summed E-state index contributed by atoms with van der Waals surface area (Å²) in [6.45, 7) is 0.368. The molecule has 0 aliphatic heterocycles. The van der Waals surface area contributed by atoms with Gasteiger partial charge in [0.25, 0.3) is 0 Å². The van der Waals surface area contributed by atoms with Gasteiger partial charge in [0.1, 0.15) is 0 Å². The van der Waals surface area contributed by atoms with Crippen molar-refractivity contribution in [1.82, 2.24) is 4.98 Å². The number of esters is 1. The molecule has 126 valence electrons. The first-order valence-electron chi connectivity index (χ1n) is 7.53. The molecule has 0 atom stereocenters. The van der Waals surface area contributed by atoms with Crippen LogP contribution in [0.5, 0.6) is 0 Å². The lowest BCUT2D eigenvalue weighted by molar-refractivity contribution is -0.384. The van der Waals surface area contributed by atoms with Gasteiger partial charge in [0.2, 0.25) is 5.82 Å². The molecule has 1 aromatic heterocycles. The van der Waals surface area contributed by atoms with Crippen LogP contribution in [0, 0.1) is 10.1 Å². The molecular formula is C18H15N3O4. The Labute approximate surface area is 143 Å². The highest BCUT2D eigenvalue weighted by atomic mass is 16.6. The summed E-state index contributed by atoms with van der Waals surface area (Å²) in [7, 11) is 1.21. The number of ether oxygens (including phenoxy) is 1. The normalized spacial score (nSPS) is 10.4. The zero-order valence-corrected chi connectivity index (χ0v) is 13.4. The fraction of sp³-hybridized carbons (Fsp3) is 0.111. The van der Waals surface area contributed by atoms with Gasteiger partial charge in [-0.3, -0.25) is 10.1 Å². The highest BCUT2D eigenvalue weighted by Gasteiger charge is 2.19. The Balaban J connectivity index is 1.90. The van der Waals surface area contributed by atoms with Gasteiger partial charge in [-0.05, 0) is 16.3 Å². The molecular weight excluding hydrogens is 322 g/mol. The molecule has 0 aliphatic rings. The maximum absolute atomic E-state index is 11.5. The van der Waals surface area contributed by atoms with Crippen LogP contribution >= 0.6 is 0 Å². The van der Waals surface area contributed by atoms with Crippen molar-refractivity contribution in [1.29, 1.82) is 0 Å². The van der Waals surface area contributed by atoms with Gasteiger partial charge in [0.15, 0.2) is 0 Å².